The molecule has 2 heterocycles. The van der Waals surface area contributed by atoms with Crippen molar-refractivity contribution in [3.8, 4) is 17.2 Å². The Bertz CT molecular complexity index is 1600. The number of carbonyl (C=O) groups is 1. The fraction of sp³-hybridized carbons (Fsp3) is 0.387. The predicted molar refractivity (Wildman–Crippen MR) is 158 cm³/mol. The van der Waals surface area contributed by atoms with Crippen LogP contribution in [0.2, 0.25) is 0 Å². The van der Waals surface area contributed by atoms with E-state index < -0.39 is 12.0 Å². The number of rotatable bonds is 12. The van der Waals surface area contributed by atoms with Crippen molar-refractivity contribution in [3.63, 3.8) is 0 Å². The van der Waals surface area contributed by atoms with Crippen LogP contribution in [0.4, 0.5) is 0 Å². The van der Waals surface area contributed by atoms with Crippen molar-refractivity contribution < 1.29 is 28.5 Å². The minimum atomic E-state index is -0.806. The standard InChI is InChI=1S/C31H36N2O7S/c1-7-15-38-28-21(11-10-14-24(28)37-6)18-25-29(34)33-27(22-12-8-9-13-23(22)40-19(2)3)26(20(4)32-31(33)41-25)30(35)39-17-16-36-5/h8-14,18-19,27H,7,15-17H2,1-6H3/b25-18+/t27-/m0/s1. The third kappa shape index (κ3) is 6.55. The van der Waals surface area contributed by atoms with Crippen LogP contribution >= 0.6 is 11.3 Å². The molecule has 10 heteroatoms. The summed E-state index contributed by atoms with van der Waals surface area (Å²) < 4.78 is 30.2. The van der Waals surface area contributed by atoms with Gasteiger partial charge in [0.2, 0.25) is 0 Å². The molecule has 0 fully saturated rings. The lowest BCUT2D eigenvalue weighted by atomic mass is 9.95. The van der Waals surface area contributed by atoms with Crippen LogP contribution < -0.4 is 29.1 Å². The lowest BCUT2D eigenvalue weighted by molar-refractivity contribution is -0.140. The molecule has 0 amide bonds. The SMILES string of the molecule is CCCOc1c(/C=c2/sc3n(c2=O)[C@@H](c2ccccc2OC(C)C)C(C(=O)OCCOC)=C(C)N=3)cccc1OC. The molecule has 1 aliphatic heterocycles. The molecular formula is C31H36N2O7S. The average molecular weight is 581 g/mol. The van der Waals surface area contributed by atoms with Crippen LogP contribution in [0, 0.1) is 0 Å². The van der Waals surface area contributed by atoms with Gasteiger partial charge in [-0.3, -0.25) is 9.36 Å². The molecule has 0 saturated heterocycles. The van der Waals surface area contributed by atoms with Crippen LogP contribution in [-0.2, 0) is 14.3 Å². The largest absolute Gasteiger partial charge is 0.493 e. The Balaban J connectivity index is 1.94. The van der Waals surface area contributed by atoms with Gasteiger partial charge < -0.3 is 23.7 Å². The molecule has 0 N–H and O–H groups in total. The first-order valence-electron chi connectivity index (χ1n) is 13.5. The maximum atomic E-state index is 14.1. The zero-order valence-corrected chi connectivity index (χ0v) is 25.1. The molecule has 1 atom stereocenters. The van der Waals surface area contributed by atoms with E-state index in [0.29, 0.717) is 50.0 Å². The molecule has 0 spiro atoms. The fourth-order valence-electron chi connectivity index (χ4n) is 4.55. The molecular weight excluding hydrogens is 544 g/mol. The van der Waals surface area contributed by atoms with Crippen molar-refractivity contribution in [2.45, 2.75) is 46.3 Å². The summed E-state index contributed by atoms with van der Waals surface area (Å²) in [5.41, 5.74) is 1.82. The molecule has 1 aliphatic rings. The highest BCUT2D eigenvalue weighted by atomic mass is 32.1. The Hall–Kier alpha value is -3.89. The van der Waals surface area contributed by atoms with Crippen LogP contribution in [0.3, 0.4) is 0 Å². The Kier molecular flexibility index (Phi) is 10.0. The van der Waals surface area contributed by atoms with Gasteiger partial charge in [-0.15, -0.1) is 0 Å². The normalized spacial score (nSPS) is 15.0. The van der Waals surface area contributed by atoms with Gasteiger partial charge in [-0.2, -0.15) is 0 Å². The lowest BCUT2D eigenvalue weighted by Gasteiger charge is -2.27. The number of fused-ring (bicyclic) bond motifs is 1. The van der Waals surface area contributed by atoms with E-state index in [1.165, 1.54) is 18.4 Å². The number of ether oxygens (including phenoxy) is 5. The summed E-state index contributed by atoms with van der Waals surface area (Å²) in [4.78, 5) is 32.7. The molecule has 1 aromatic heterocycles. The van der Waals surface area contributed by atoms with Crippen LogP contribution in [0.5, 0.6) is 17.2 Å². The van der Waals surface area contributed by atoms with Gasteiger partial charge in [0.25, 0.3) is 5.56 Å². The number of aromatic nitrogens is 1. The number of carbonyl (C=O) groups excluding carboxylic acids is 1. The number of hydrogen-bond acceptors (Lipinski definition) is 9. The number of nitrogens with zero attached hydrogens (tertiary/aromatic N) is 2. The Labute approximate surface area is 243 Å². The van der Waals surface area contributed by atoms with E-state index in [1.807, 2.05) is 63.2 Å². The number of para-hydroxylation sites is 2. The number of allylic oxidation sites excluding steroid dienone is 1. The van der Waals surface area contributed by atoms with E-state index in [0.717, 1.165) is 6.42 Å². The smallest absolute Gasteiger partial charge is 0.338 e. The fourth-order valence-corrected chi connectivity index (χ4v) is 5.58. The van der Waals surface area contributed by atoms with Gasteiger partial charge in [0.1, 0.15) is 18.4 Å². The summed E-state index contributed by atoms with van der Waals surface area (Å²) >= 11 is 1.24. The Morgan fingerprint density at radius 2 is 1.83 bits per heavy atom. The third-order valence-corrected chi connectivity index (χ3v) is 7.29. The molecule has 0 radical (unpaired) electrons. The van der Waals surface area contributed by atoms with Crippen molar-refractivity contribution in [1.82, 2.24) is 4.57 Å². The average Bonchev–Trinajstić information content (AvgIpc) is 3.25. The van der Waals surface area contributed by atoms with E-state index in [9.17, 15) is 9.59 Å². The molecule has 41 heavy (non-hydrogen) atoms. The van der Waals surface area contributed by atoms with Crippen LogP contribution in [0.1, 0.15) is 51.3 Å². The molecule has 0 saturated carbocycles. The summed E-state index contributed by atoms with van der Waals surface area (Å²) in [5, 5.41) is 0. The quantitative estimate of drug-likeness (QED) is 0.236. The molecule has 218 valence electrons. The van der Waals surface area contributed by atoms with Gasteiger partial charge in [-0.1, -0.05) is 48.6 Å². The first-order chi connectivity index (χ1) is 19.8. The van der Waals surface area contributed by atoms with Crippen molar-refractivity contribution in [1.29, 1.82) is 0 Å². The Morgan fingerprint density at radius 1 is 1.07 bits per heavy atom. The third-order valence-electron chi connectivity index (χ3n) is 6.30. The van der Waals surface area contributed by atoms with Gasteiger partial charge in [-0.25, -0.2) is 9.79 Å². The number of benzene rings is 2. The van der Waals surface area contributed by atoms with Crippen molar-refractivity contribution >= 4 is 23.4 Å². The maximum Gasteiger partial charge on any atom is 0.338 e. The molecule has 0 unspecified atom stereocenters. The summed E-state index contributed by atoms with van der Waals surface area (Å²) in [6.45, 7) is 8.45. The van der Waals surface area contributed by atoms with Crippen molar-refractivity contribution in [2.24, 2.45) is 4.99 Å². The summed E-state index contributed by atoms with van der Waals surface area (Å²) in [7, 11) is 3.12. The number of methoxy groups -OCH3 is 2. The number of thiazole rings is 1. The maximum absolute atomic E-state index is 14.1. The molecule has 2 aromatic carbocycles. The highest BCUT2D eigenvalue weighted by Gasteiger charge is 2.35. The van der Waals surface area contributed by atoms with E-state index in [1.54, 1.807) is 24.7 Å². The van der Waals surface area contributed by atoms with E-state index in [4.69, 9.17) is 23.7 Å². The van der Waals surface area contributed by atoms with Crippen LogP contribution in [0.25, 0.3) is 6.08 Å². The minimum absolute atomic E-state index is 0.0732. The second kappa shape index (κ2) is 13.6. The second-order valence-corrected chi connectivity index (χ2v) is 10.7. The number of esters is 1. The second-order valence-electron chi connectivity index (χ2n) is 9.64. The van der Waals surface area contributed by atoms with Crippen LogP contribution in [-0.4, -0.2) is 50.7 Å². The predicted octanol–water partition coefficient (Wildman–Crippen LogP) is 4.01. The Morgan fingerprint density at radius 3 is 2.54 bits per heavy atom. The zero-order valence-electron chi connectivity index (χ0n) is 24.3. The van der Waals surface area contributed by atoms with Gasteiger partial charge in [0, 0.05) is 18.2 Å². The topological polar surface area (TPSA) is 97.6 Å². The summed E-state index contributed by atoms with van der Waals surface area (Å²) in [6.07, 6.45) is 2.48. The minimum Gasteiger partial charge on any atom is -0.493 e. The van der Waals surface area contributed by atoms with E-state index in [-0.39, 0.29) is 30.5 Å². The molecule has 3 aromatic rings. The van der Waals surface area contributed by atoms with Crippen molar-refractivity contribution in [3.05, 3.63) is 84.5 Å². The molecule has 4 rings (SSSR count). The lowest BCUT2D eigenvalue weighted by Crippen LogP contribution is -2.40. The highest BCUT2D eigenvalue weighted by Crippen LogP contribution is 2.36. The van der Waals surface area contributed by atoms with Crippen LogP contribution in [0.15, 0.2) is 63.5 Å². The van der Waals surface area contributed by atoms with Gasteiger partial charge in [-0.05, 0) is 45.4 Å². The van der Waals surface area contributed by atoms with E-state index in [2.05, 4.69) is 4.99 Å². The van der Waals surface area contributed by atoms with Gasteiger partial charge >= 0.3 is 5.97 Å². The molecule has 0 aliphatic carbocycles. The van der Waals surface area contributed by atoms with Crippen molar-refractivity contribution in [2.75, 3.05) is 34.0 Å². The molecule has 0 bridgehead atoms. The highest BCUT2D eigenvalue weighted by molar-refractivity contribution is 7.07. The summed E-state index contributed by atoms with van der Waals surface area (Å²) in [5.74, 6) is 1.15. The van der Waals surface area contributed by atoms with Gasteiger partial charge in [0.05, 0.1) is 42.2 Å². The van der Waals surface area contributed by atoms with Gasteiger partial charge in [0.15, 0.2) is 16.3 Å². The van der Waals surface area contributed by atoms with E-state index >= 15 is 0 Å². The molecule has 9 nitrogen and oxygen atoms in total. The number of hydrogen-bond donors (Lipinski definition) is 0. The zero-order chi connectivity index (χ0) is 29.5. The first-order valence-corrected chi connectivity index (χ1v) is 14.4. The monoisotopic (exact) mass is 580 g/mol. The summed E-state index contributed by atoms with van der Waals surface area (Å²) in [6, 6.07) is 12.1. The first kappa shape index (κ1) is 30.1.